The van der Waals surface area contributed by atoms with E-state index >= 15 is 0 Å². The van der Waals surface area contributed by atoms with E-state index in [0.29, 0.717) is 0 Å². The van der Waals surface area contributed by atoms with Gasteiger partial charge in [0.15, 0.2) is 0 Å². The van der Waals surface area contributed by atoms with Crippen LogP contribution in [0.15, 0.2) is 36.7 Å². The molecule has 6 heteroatoms. The number of halogens is 2. The molecule has 4 nitrogen and oxygen atoms in total. The van der Waals surface area contributed by atoms with Crippen molar-refractivity contribution >= 4 is 23.2 Å². The van der Waals surface area contributed by atoms with Crippen molar-refractivity contribution in [2.45, 2.75) is 0 Å². The van der Waals surface area contributed by atoms with Gasteiger partial charge in [-0.05, 0) is 12.1 Å². The average molecular weight is 266 g/mol. The SMILES string of the molecule is CN(C(=O)c1cnc(Cl)cn1)c1ccccc1F. The third kappa shape index (κ3) is 2.46. The zero-order valence-corrected chi connectivity index (χ0v) is 10.2. The Labute approximate surface area is 108 Å². The molecule has 0 bridgehead atoms. The van der Waals surface area contributed by atoms with E-state index in [2.05, 4.69) is 9.97 Å². The molecule has 1 aromatic carbocycles. The van der Waals surface area contributed by atoms with Gasteiger partial charge in [-0.2, -0.15) is 0 Å². The first-order valence-electron chi connectivity index (χ1n) is 5.09. The summed E-state index contributed by atoms with van der Waals surface area (Å²) in [5.41, 5.74) is 0.282. The first-order valence-corrected chi connectivity index (χ1v) is 5.47. The second-order valence-corrected chi connectivity index (χ2v) is 3.93. The Morgan fingerprint density at radius 3 is 2.61 bits per heavy atom. The van der Waals surface area contributed by atoms with Crippen molar-refractivity contribution in [3.63, 3.8) is 0 Å². The van der Waals surface area contributed by atoms with Crippen LogP contribution >= 0.6 is 11.6 Å². The number of hydrogen-bond donors (Lipinski definition) is 0. The van der Waals surface area contributed by atoms with Crippen LogP contribution in [-0.4, -0.2) is 22.9 Å². The van der Waals surface area contributed by atoms with Crippen molar-refractivity contribution in [1.29, 1.82) is 0 Å². The van der Waals surface area contributed by atoms with Crippen LogP contribution in [0.4, 0.5) is 10.1 Å². The van der Waals surface area contributed by atoms with Crippen LogP contribution in [0.5, 0.6) is 0 Å². The van der Waals surface area contributed by atoms with E-state index in [4.69, 9.17) is 11.6 Å². The smallest absolute Gasteiger partial charge is 0.278 e. The number of aromatic nitrogens is 2. The summed E-state index contributed by atoms with van der Waals surface area (Å²) in [6.07, 6.45) is 2.52. The van der Waals surface area contributed by atoms with Crippen molar-refractivity contribution in [2.24, 2.45) is 0 Å². The number of benzene rings is 1. The molecule has 0 N–H and O–H groups in total. The fourth-order valence-corrected chi connectivity index (χ4v) is 1.53. The highest BCUT2D eigenvalue weighted by atomic mass is 35.5. The second kappa shape index (κ2) is 5.10. The summed E-state index contributed by atoms with van der Waals surface area (Å²) in [7, 11) is 1.47. The van der Waals surface area contributed by atoms with E-state index in [9.17, 15) is 9.18 Å². The fourth-order valence-electron chi connectivity index (χ4n) is 1.43. The van der Waals surface area contributed by atoms with Gasteiger partial charge < -0.3 is 4.90 Å². The maximum Gasteiger partial charge on any atom is 0.278 e. The van der Waals surface area contributed by atoms with Gasteiger partial charge in [-0.25, -0.2) is 14.4 Å². The molecule has 2 aromatic rings. The summed E-state index contributed by atoms with van der Waals surface area (Å²) in [5, 5.41) is 0.195. The number of amides is 1. The van der Waals surface area contributed by atoms with Crippen molar-refractivity contribution < 1.29 is 9.18 Å². The Kier molecular flexibility index (Phi) is 3.53. The summed E-state index contributed by atoms with van der Waals surface area (Å²) in [4.78, 5) is 20.8. The molecule has 1 heterocycles. The molecule has 0 aliphatic heterocycles. The van der Waals surface area contributed by atoms with Gasteiger partial charge in [-0.3, -0.25) is 4.79 Å². The Morgan fingerprint density at radius 1 is 1.28 bits per heavy atom. The molecule has 0 saturated carbocycles. The van der Waals surface area contributed by atoms with Crippen LogP contribution in [-0.2, 0) is 0 Å². The Bertz CT molecular complexity index is 574. The topological polar surface area (TPSA) is 46.1 Å². The van der Waals surface area contributed by atoms with E-state index in [1.165, 1.54) is 36.5 Å². The maximum atomic E-state index is 13.5. The average Bonchev–Trinajstić information content (AvgIpc) is 2.38. The summed E-state index contributed by atoms with van der Waals surface area (Å²) in [6.45, 7) is 0. The maximum absolute atomic E-state index is 13.5. The summed E-state index contributed by atoms with van der Waals surface area (Å²) >= 11 is 5.58. The summed E-state index contributed by atoms with van der Waals surface area (Å²) in [5.74, 6) is -0.931. The standard InChI is InChI=1S/C12H9ClFN3O/c1-17(10-5-3-2-4-8(10)14)12(18)9-6-16-11(13)7-15-9/h2-7H,1H3. The van der Waals surface area contributed by atoms with Crippen LogP contribution in [0.1, 0.15) is 10.5 Å². The highest BCUT2D eigenvalue weighted by molar-refractivity contribution is 6.29. The Morgan fingerprint density at radius 2 is 2.00 bits per heavy atom. The van der Waals surface area contributed by atoms with Gasteiger partial charge >= 0.3 is 0 Å². The number of para-hydroxylation sites is 1. The van der Waals surface area contributed by atoms with Crippen molar-refractivity contribution in [2.75, 3.05) is 11.9 Å². The lowest BCUT2D eigenvalue weighted by Crippen LogP contribution is -2.28. The van der Waals surface area contributed by atoms with E-state index in [-0.39, 0.29) is 16.5 Å². The monoisotopic (exact) mass is 265 g/mol. The molecule has 0 spiro atoms. The second-order valence-electron chi connectivity index (χ2n) is 3.54. The van der Waals surface area contributed by atoms with E-state index < -0.39 is 11.7 Å². The highest BCUT2D eigenvalue weighted by Crippen LogP contribution is 2.18. The molecule has 0 atom stereocenters. The van der Waals surface area contributed by atoms with Crippen molar-refractivity contribution in [3.8, 4) is 0 Å². The zero-order valence-electron chi connectivity index (χ0n) is 9.47. The van der Waals surface area contributed by atoms with Gasteiger partial charge in [0.1, 0.15) is 16.7 Å². The van der Waals surface area contributed by atoms with E-state index in [0.717, 1.165) is 0 Å². The number of carbonyl (C=O) groups is 1. The van der Waals surface area contributed by atoms with Crippen LogP contribution in [0.3, 0.4) is 0 Å². The molecule has 2 rings (SSSR count). The quantitative estimate of drug-likeness (QED) is 0.838. The molecular weight excluding hydrogens is 257 g/mol. The van der Waals surface area contributed by atoms with Crippen LogP contribution in [0, 0.1) is 5.82 Å². The molecule has 1 aromatic heterocycles. The predicted molar refractivity (Wildman–Crippen MR) is 66.2 cm³/mol. The van der Waals surface area contributed by atoms with Gasteiger partial charge in [-0.15, -0.1) is 0 Å². The first kappa shape index (κ1) is 12.4. The fraction of sp³-hybridized carbons (Fsp3) is 0.0833. The molecule has 0 saturated heterocycles. The van der Waals surface area contributed by atoms with Gasteiger partial charge in [0.05, 0.1) is 18.1 Å². The lowest BCUT2D eigenvalue weighted by molar-refractivity contribution is 0.0987. The molecular formula is C12H9ClFN3O. The molecule has 0 aliphatic rings. The normalized spacial score (nSPS) is 10.2. The minimum Gasteiger partial charge on any atom is -0.307 e. The lowest BCUT2D eigenvalue weighted by atomic mass is 10.2. The molecule has 92 valence electrons. The predicted octanol–water partition coefficient (Wildman–Crippen LogP) is 2.55. The Hall–Kier alpha value is -2.01. The summed E-state index contributed by atoms with van der Waals surface area (Å²) < 4.78 is 13.5. The molecule has 0 radical (unpaired) electrons. The first-order chi connectivity index (χ1) is 8.59. The Balaban J connectivity index is 2.29. The van der Waals surface area contributed by atoms with Crippen molar-refractivity contribution in [3.05, 3.63) is 53.3 Å². The molecule has 0 unspecified atom stereocenters. The number of anilines is 1. The van der Waals surface area contributed by atoms with Crippen LogP contribution in [0.2, 0.25) is 5.15 Å². The minimum absolute atomic E-state index is 0.102. The lowest BCUT2D eigenvalue weighted by Gasteiger charge is -2.17. The molecule has 0 aliphatic carbocycles. The van der Waals surface area contributed by atoms with Gasteiger partial charge in [-0.1, -0.05) is 23.7 Å². The van der Waals surface area contributed by atoms with Crippen LogP contribution in [0.25, 0.3) is 0 Å². The molecule has 1 amide bonds. The minimum atomic E-state index is -0.477. The summed E-state index contributed by atoms with van der Waals surface area (Å²) in [6, 6.07) is 6.00. The third-order valence-corrected chi connectivity index (χ3v) is 2.55. The highest BCUT2D eigenvalue weighted by Gasteiger charge is 2.17. The van der Waals surface area contributed by atoms with Crippen LogP contribution < -0.4 is 4.90 Å². The van der Waals surface area contributed by atoms with Gasteiger partial charge in [0.2, 0.25) is 0 Å². The molecule has 0 fully saturated rings. The van der Waals surface area contributed by atoms with E-state index in [1.54, 1.807) is 12.1 Å². The number of rotatable bonds is 2. The number of carbonyl (C=O) groups excluding carboxylic acids is 1. The number of nitrogens with zero attached hydrogens (tertiary/aromatic N) is 3. The molecule has 18 heavy (non-hydrogen) atoms. The van der Waals surface area contributed by atoms with Crippen molar-refractivity contribution in [1.82, 2.24) is 9.97 Å². The zero-order chi connectivity index (χ0) is 13.1. The number of hydrogen-bond acceptors (Lipinski definition) is 3. The van der Waals surface area contributed by atoms with Gasteiger partial charge in [0.25, 0.3) is 5.91 Å². The van der Waals surface area contributed by atoms with E-state index in [1.807, 2.05) is 0 Å². The largest absolute Gasteiger partial charge is 0.307 e. The van der Waals surface area contributed by atoms with Gasteiger partial charge in [0, 0.05) is 7.05 Å². The third-order valence-electron chi connectivity index (χ3n) is 2.36.